The first-order valence-corrected chi connectivity index (χ1v) is 8.67. The number of sulfonamides is 1. The maximum Gasteiger partial charge on any atom is 0.243 e. The Morgan fingerprint density at radius 2 is 2.00 bits per heavy atom. The largest absolute Gasteiger partial charge is 0.493 e. The van der Waals surface area contributed by atoms with Crippen molar-refractivity contribution in [1.29, 1.82) is 0 Å². The Hall–Kier alpha value is -1.11. The molecule has 1 N–H and O–H groups in total. The van der Waals surface area contributed by atoms with Gasteiger partial charge in [0, 0.05) is 18.7 Å². The minimum Gasteiger partial charge on any atom is -0.493 e. The normalized spacial score (nSPS) is 13.4. The fourth-order valence-corrected chi connectivity index (χ4v) is 3.34. The second-order valence-corrected chi connectivity index (χ2v) is 7.05. The maximum atomic E-state index is 12.5. The second kappa shape index (κ2) is 7.77. The van der Waals surface area contributed by atoms with Gasteiger partial charge in [0.2, 0.25) is 10.0 Å². The first-order chi connectivity index (χ1) is 9.88. The van der Waals surface area contributed by atoms with Gasteiger partial charge in [-0.25, -0.2) is 8.42 Å². The van der Waals surface area contributed by atoms with Gasteiger partial charge in [0.1, 0.15) is 5.75 Å². The molecule has 0 saturated carbocycles. The molecule has 0 aliphatic rings. The fourth-order valence-electron chi connectivity index (χ4n) is 1.85. The molecule has 0 aromatic heterocycles. The van der Waals surface area contributed by atoms with Crippen molar-refractivity contribution in [2.45, 2.75) is 51.2 Å². The van der Waals surface area contributed by atoms with Crippen molar-refractivity contribution in [2.75, 3.05) is 13.7 Å². The van der Waals surface area contributed by atoms with Crippen molar-refractivity contribution in [3.05, 3.63) is 23.8 Å². The van der Waals surface area contributed by atoms with Crippen molar-refractivity contribution < 1.29 is 18.3 Å². The summed E-state index contributed by atoms with van der Waals surface area (Å²) in [6.07, 6.45) is 1.59. The number of nitrogens with zero attached hydrogens (tertiary/aromatic N) is 1. The highest BCUT2D eigenvalue weighted by Crippen LogP contribution is 2.25. The number of hydrogen-bond donors (Lipinski definition) is 1. The van der Waals surface area contributed by atoms with E-state index < -0.39 is 10.0 Å². The molecule has 1 rings (SSSR count). The van der Waals surface area contributed by atoms with E-state index in [2.05, 4.69) is 0 Å². The van der Waals surface area contributed by atoms with Gasteiger partial charge < -0.3 is 9.84 Å². The summed E-state index contributed by atoms with van der Waals surface area (Å²) in [7, 11) is -1.98. The van der Waals surface area contributed by atoms with Crippen LogP contribution in [0.4, 0.5) is 0 Å². The molecule has 0 aliphatic heterocycles. The quantitative estimate of drug-likeness (QED) is 0.800. The Balaban J connectivity index is 3.14. The molecule has 1 aromatic carbocycles. The molecule has 21 heavy (non-hydrogen) atoms. The molecule has 1 atom stereocenters. The standard InChI is InChI=1S/C15H25NO4S/c1-5-9-20-15-8-7-14(10-13(15)11-17)21(18,19)16(4)12(3)6-2/h7-8,10,12,17H,5-6,9,11H2,1-4H3. The maximum absolute atomic E-state index is 12.5. The van der Waals surface area contributed by atoms with E-state index in [1.165, 1.54) is 16.4 Å². The van der Waals surface area contributed by atoms with E-state index in [4.69, 9.17) is 4.74 Å². The van der Waals surface area contributed by atoms with E-state index in [1.54, 1.807) is 13.1 Å². The van der Waals surface area contributed by atoms with Gasteiger partial charge >= 0.3 is 0 Å². The molecule has 6 heteroatoms. The van der Waals surface area contributed by atoms with Crippen LogP contribution in [-0.2, 0) is 16.6 Å². The minimum atomic E-state index is -3.55. The van der Waals surface area contributed by atoms with Gasteiger partial charge in [0.25, 0.3) is 0 Å². The van der Waals surface area contributed by atoms with Crippen molar-refractivity contribution in [2.24, 2.45) is 0 Å². The van der Waals surface area contributed by atoms with E-state index >= 15 is 0 Å². The first kappa shape index (κ1) is 17.9. The molecular formula is C15H25NO4S. The summed E-state index contributed by atoms with van der Waals surface area (Å²) in [5, 5.41) is 9.41. The van der Waals surface area contributed by atoms with Crippen LogP contribution in [0.25, 0.3) is 0 Å². The molecule has 0 saturated heterocycles. The van der Waals surface area contributed by atoms with Gasteiger partial charge in [0.15, 0.2) is 0 Å². The Morgan fingerprint density at radius 3 is 2.52 bits per heavy atom. The fraction of sp³-hybridized carbons (Fsp3) is 0.600. The van der Waals surface area contributed by atoms with Crippen LogP contribution in [-0.4, -0.2) is 37.5 Å². The molecule has 0 bridgehead atoms. The third-order valence-corrected chi connectivity index (χ3v) is 5.52. The number of ether oxygens (including phenoxy) is 1. The summed E-state index contributed by atoms with van der Waals surface area (Å²) in [6, 6.07) is 4.54. The number of aliphatic hydroxyl groups is 1. The van der Waals surface area contributed by atoms with Gasteiger partial charge in [-0.15, -0.1) is 0 Å². The lowest BCUT2D eigenvalue weighted by molar-refractivity contribution is 0.262. The zero-order valence-electron chi connectivity index (χ0n) is 13.2. The Labute approximate surface area is 127 Å². The van der Waals surface area contributed by atoms with Gasteiger partial charge in [-0.1, -0.05) is 13.8 Å². The van der Waals surface area contributed by atoms with Crippen molar-refractivity contribution in [3.8, 4) is 5.75 Å². The average Bonchev–Trinajstić information content (AvgIpc) is 2.50. The summed E-state index contributed by atoms with van der Waals surface area (Å²) in [4.78, 5) is 0.179. The molecule has 5 nitrogen and oxygen atoms in total. The topological polar surface area (TPSA) is 66.8 Å². The number of rotatable bonds is 8. The Bertz CT molecular complexity index is 557. The van der Waals surface area contributed by atoms with Crippen LogP contribution in [0.5, 0.6) is 5.75 Å². The zero-order valence-corrected chi connectivity index (χ0v) is 14.0. The smallest absolute Gasteiger partial charge is 0.243 e. The lowest BCUT2D eigenvalue weighted by atomic mass is 10.2. The van der Waals surface area contributed by atoms with Crippen LogP contribution in [0.2, 0.25) is 0 Å². The van der Waals surface area contributed by atoms with Gasteiger partial charge in [-0.2, -0.15) is 4.31 Å². The predicted molar refractivity (Wildman–Crippen MR) is 82.9 cm³/mol. The predicted octanol–water partition coefficient (Wildman–Crippen LogP) is 2.39. The summed E-state index contributed by atoms with van der Waals surface area (Å²) >= 11 is 0. The summed E-state index contributed by atoms with van der Waals surface area (Å²) in [6.45, 7) is 6.07. The van der Waals surface area contributed by atoms with Gasteiger partial charge in [-0.05, 0) is 38.0 Å². The average molecular weight is 315 g/mol. The first-order valence-electron chi connectivity index (χ1n) is 7.23. The number of hydrogen-bond acceptors (Lipinski definition) is 4. The van der Waals surface area contributed by atoms with E-state index in [0.29, 0.717) is 17.9 Å². The molecule has 1 unspecified atom stereocenters. The highest BCUT2D eigenvalue weighted by Gasteiger charge is 2.25. The monoisotopic (exact) mass is 315 g/mol. The second-order valence-electron chi connectivity index (χ2n) is 5.05. The summed E-state index contributed by atoms with van der Waals surface area (Å²) in [5.74, 6) is 0.532. The van der Waals surface area contributed by atoms with Crippen LogP contribution >= 0.6 is 0 Å². The number of aliphatic hydroxyl groups excluding tert-OH is 1. The van der Waals surface area contributed by atoms with Crippen LogP contribution in [0, 0.1) is 0 Å². The molecule has 1 aromatic rings. The summed E-state index contributed by atoms with van der Waals surface area (Å²) in [5.41, 5.74) is 0.488. The SMILES string of the molecule is CCCOc1ccc(S(=O)(=O)N(C)C(C)CC)cc1CO. The van der Waals surface area contributed by atoms with Crippen molar-refractivity contribution in [3.63, 3.8) is 0 Å². The van der Waals surface area contributed by atoms with Gasteiger partial charge in [-0.3, -0.25) is 0 Å². The molecule has 0 aliphatic carbocycles. The Kier molecular flexibility index (Phi) is 6.64. The molecule has 120 valence electrons. The van der Waals surface area contributed by atoms with Crippen LogP contribution in [0.15, 0.2) is 23.1 Å². The van der Waals surface area contributed by atoms with Crippen molar-refractivity contribution in [1.82, 2.24) is 4.31 Å². The van der Waals surface area contributed by atoms with E-state index in [1.807, 2.05) is 20.8 Å². The van der Waals surface area contributed by atoms with Gasteiger partial charge in [0.05, 0.1) is 18.1 Å². The lowest BCUT2D eigenvalue weighted by Gasteiger charge is -2.23. The van der Waals surface area contributed by atoms with Crippen LogP contribution in [0.1, 0.15) is 39.2 Å². The minimum absolute atomic E-state index is 0.0800. The lowest BCUT2D eigenvalue weighted by Crippen LogP contribution is -2.34. The highest BCUT2D eigenvalue weighted by molar-refractivity contribution is 7.89. The molecule has 0 heterocycles. The third kappa shape index (κ3) is 4.18. The van der Waals surface area contributed by atoms with Crippen LogP contribution in [0.3, 0.4) is 0 Å². The van der Waals surface area contributed by atoms with E-state index in [0.717, 1.165) is 12.8 Å². The van der Waals surface area contributed by atoms with Crippen molar-refractivity contribution >= 4 is 10.0 Å². The molecule has 0 spiro atoms. The third-order valence-electron chi connectivity index (χ3n) is 3.55. The van der Waals surface area contributed by atoms with E-state index in [-0.39, 0.29) is 17.5 Å². The molecule has 0 amide bonds. The van der Waals surface area contributed by atoms with Crippen LogP contribution < -0.4 is 4.74 Å². The molecule has 0 radical (unpaired) electrons. The molecular weight excluding hydrogens is 290 g/mol. The molecule has 0 fully saturated rings. The Morgan fingerprint density at radius 1 is 1.33 bits per heavy atom. The summed E-state index contributed by atoms with van der Waals surface area (Å²) < 4.78 is 31.9. The van der Waals surface area contributed by atoms with E-state index in [9.17, 15) is 13.5 Å². The number of benzene rings is 1. The zero-order chi connectivity index (χ0) is 16.0. The highest BCUT2D eigenvalue weighted by atomic mass is 32.2.